The number of carbonyl (C=O) groups is 1. The Bertz CT molecular complexity index is 337. The van der Waals surface area contributed by atoms with Crippen molar-refractivity contribution >= 4 is 5.91 Å². The lowest BCUT2D eigenvalue weighted by Crippen LogP contribution is -2.52. The number of amides is 1. The van der Waals surface area contributed by atoms with E-state index in [1.54, 1.807) is 0 Å². The molecule has 1 heterocycles. The van der Waals surface area contributed by atoms with Crippen LogP contribution in [0, 0.1) is 11.3 Å². The van der Waals surface area contributed by atoms with Crippen LogP contribution in [-0.4, -0.2) is 31.2 Å². The summed E-state index contributed by atoms with van der Waals surface area (Å²) in [4.78, 5) is 12.2. The van der Waals surface area contributed by atoms with Crippen molar-refractivity contribution in [3.63, 3.8) is 0 Å². The minimum atomic E-state index is -4.22. The predicted octanol–water partition coefficient (Wildman–Crippen LogP) is 2.22. The van der Waals surface area contributed by atoms with E-state index in [0.717, 1.165) is 13.0 Å². The summed E-state index contributed by atoms with van der Waals surface area (Å²) in [5.74, 6) is -1.62. The highest BCUT2D eigenvalue weighted by Crippen LogP contribution is 2.38. The van der Waals surface area contributed by atoms with Crippen molar-refractivity contribution in [1.82, 2.24) is 10.6 Å². The van der Waals surface area contributed by atoms with Crippen LogP contribution in [-0.2, 0) is 4.79 Å². The predicted molar refractivity (Wildman–Crippen MR) is 65.5 cm³/mol. The number of halogens is 3. The molecule has 3 unspecified atom stereocenters. The highest BCUT2D eigenvalue weighted by molar-refractivity contribution is 5.83. The van der Waals surface area contributed by atoms with Gasteiger partial charge in [-0.3, -0.25) is 4.79 Å². The smallest absolute Gasteiger partial charge is 0.352 e. The molecule has 6 heteroatoms. The quantitative estimate of drug-likeness (QED) is 0.813. The Kier molecular flexibility index (Phi) is 4.08. The van der Waals surface area contributed by atoms with Crippen molar-refractivity contribution in [3.05, 3.63) is 0 Å². The van der Waals surface area contributed by atoms with Gasteiger partial charge in [0.25, 0.3) is 0 Å². The van der Waals surface area contributed by atoms with Crippen LogP contribution in [0.3, 0.4) is 0 Å². The normalized spacial score (nSPS) is 36.2. The maximum Gasteiger partial charge on any atom is 0.393 e. The molecule has 19 heavy (non-hydrogen) atoms. The molecule has 0 aromatic carbocycles. The Balaban J connectivity index is 2.01. The summed E-state index contributed by atoms with van der Waals surface area (Å²) >= 11 is 0. The maximum absolute atomic E-state index is 13.0. The van der Waals surface area contributed by atoms with Crippen molar-refractivity contribution in [1.29, 1.82) is 0 Å². The van der Waals surface area contributed by atoms with Gasteiger partial charge in [-0.25, -0.2) is 0 Å². The number of alkyl halides is 3. The molecule has 3 atom stereocenters. The molecule has 2 fully saturated rings. The summed E-state index contributed by atoms with van der Waals surface area (Å²) < 4.78 is 38.9. The van der Waals surface area contributed by atoms with Crippen LogP contribution in [0.5, 0.6) is 0 Å². The summed E-state index contributed by atoms with van der Waals surface area (Å²) in [6.07, 6.45) is -1.62. The van der Waals surface area contributed by atoms with E-state index in [0.29, 0.717) is 25.8 Å². The topological polar surface area (TPSA) is 41.1 Å². The van der Waals surface area contributed by atoms with Crippen LogP contribution in [0.25, 0.3) is 0 Å². The molecule has 3 nitrogen and oxygen atoms in total. The highest BCUT2D eigenvalue weighted by Gasteiger charge is 2.47. The third-order valence-electron chi connectivity index (χ3n) is 4.42. The molecule has 0 radical (unpaired) electrons. The fourth-order valence-electron chi connectivity index (χ4n) is 3.05. The molecular weight excluding hydrogens is 257 g/mol. The number of rotatable bonds is 2. The average Bonchev–Trinajstić information content (AvgIpc) is 2.77. The third kappa shape index (κ3) is 3.22. The molecular formula is C13H21F3N2O. The zero-order valence-electron chi connectivity index (χ0n) is 11.1. The van der Waals surface area contributed by atoms with Crippen LogP contribution in [0.15, 0.2) is 0 Å². The van der Waals surface area contributed by atoms with Gasteiger partial charge in [-0.1, -0.05) is 12.8 Å². The highest BCUT2D eigenvalue weighted by atomic mass is 19.4. The largest absolute Gasteiger partial charge is 0.393 e. The number of hydrogen-bond acceptors (Lipinski definition) is 2. The maximum atomic E-state index is 13.0. The number of carbonyl (C=O) groups excluding carboxylic acids is 1. The van der Waals surface area contributed by atoms with Crippen LogP contribution in [0.4, 0.5) is 13.2 Å². The lowest BCUT2D eigenvalue weighted by atomic mass is 9.82. The van der Waals surface area contributed by atoms with Gasteiger partial charge < -0.3 is 10.6 Å². The van der Waals surface area contributed by atoms with Crippen molar-refractivity contribution in [3.8, 4) is 0 Å². The first-order valence-corrected chi connectivity index (χ1v) is 6.91. The molecule has 1 aliphatic heterocycles. The standard InChI is InChI=1S/C13H21F3N2O/c1-12(6-7-17-8-12)11(19)18-10-5-3-2-4-9(10)13(14,15)16/h9-10,17H,2-8H2,1H3,(H,18,19). The molecule has 0 spiro atoms. The molecule has 0 aromatic heterocycles. The van der Waals surface area contributed by atoms with Gasteiger partial charge >= 0.3 is 6.18 Å². The zero-order valence-corrected chi connectivity index (χ0v) is 11.1. The minimum absolute atomic E-state index is 0.128. The summed E-state index contributed by atoms with van der Waals surface area (Å²) in [5, 5.41) is 5.75. The lowest BCUT2D eigenvalue weighted by Gasteiger charge is -2.35. The SMILES string of the molecule is CC1(C(=O)NC2CCCCC2C(F)(F)F)CCNC1. The van der Waals surface area contributed by atoms with Crippen LogP contribution in [0.1, 0.15) is 39.0 Å². The van der Waals surface area contributed by atoms with Gasteiger partial charge in [-0.2, -0.15) is 13.2 Å². The third-order valence-corrected chi connectivity index (χ3v) is 4.42. The van der Waals surface area contributed by atoms with E-state index in [1.807, 2.05) is 6.92 Å². The van der Waals surface area contributed by atoms with Crippen LogP contribution >= 0.6 is 0 Å². The number of nitrogens with one attached hydrogen (secondary N) is 2. The molecule has 2 rings (SSSR count). The Morgan fingerprint density at radius 1 is 1.32 bits per heavy atom. The first-order chi connectivity index (χ1) is 8.83. The van der Waals surface area contributed by atoms with Gasteiger partial charge in [-0.15, -0.1) is 0 Å². The van der Waals surface area contributed by atoms with E-state index < -0.39 is 23.6 Å². The first-order valence-electron chi connectivity index (χ1n) is 6.91. The molecule has 1 amide bonds. The lowest BCUT2D eigenvalue weighted by molar-refractivity contribution is -0.189. The summed E-state index contributed by atoms with van der Waals surface area (Å²) in [6, 6.07) is -0.751. The van der Waals surface area contributed by atoms with Gasteiger partial charge in [0.05, 0.1) is 11.3 Å². The first kappa shape index (κ1) is 14.6. The summed E-state index contributed by atoms with van der Waals surface area (Å²) in [6.45, 7) is 3.10. The van der Waals surface area contributed by atoms with Gasteiger partial charge in [-0.05, 0) is 32.7 Å². The fraction of sp³-hybridized carbons (Fsp3) is 0.923. The minimum Gasteiger partial charge on any atom is -0.352 e. The van der Waals surface area contributed by atoms with Gasteiger partial charge in [0, 0.05) is 12.6 Å². The molecule has 2 N–H and O–H groups in total. The molecule has 2 aliphatic rings. The van der Waals surface area contributed by atoms with E-state index in [-0.39, 0.29) is 12.3 Å². The Morgan fingerprint density at radius 3 is 2.58 bits per heavy atom. The molecule has 1 saturated heterocycles. The van der Waals surface area contributed by atoms with Crippen molar-refractivity contribution < 1.29 is 18.0 Å². The zero-order chi connectivity index (χ0) is 14.1. The van der Waals surface area contributed by atoms with E-state index in [2.05, 4.69) is 10.6 Å². The fourth-order valence-corrected chi connectivity index (χ4v) is 3.05. The average molecular weight is 278 g/mol. The van der Waals surface area contributed by atoms with Crippen molar-refractivity contribution in [2.75, 3.05) is 13.1 Å². The van der Waals surface area contributed by atoms with Crippen LogP contribution in [0.2, 0.25) is 0 Å². The molecule has 0 bridgehead atoms. The molecule has 1 aliphatic carbocycles. The van der Waals surface area contributed by atoms with Gasteiger partial charge in [0.15, 0.2) is 0 Å². The second-order valence-electron chi connectivity index (χ2n) is 6.00. The van der Waals surface area contributed by atoms with E-state index >= 15 is 0 Å². The second kappa shape index (κ2) is 5.31. The van der Waals surface area contributed by atoms with Gasteiger partial charge in [0.1, 0.15) is 0 Å². The monoisotopic (exact) mass is 278 g/mol. The van der Waals surface area contributed by atoms with Crippen molar-refractivity contribution in [2.24, 2.45) is 11.3 Å². The van der Waals surface area contributed by atoms with E-state index in [9.17, 15) is 18.0 Å². The Morgan fingerprint density at radius 2 is 2.00 bits per heavy atom. The summed E-state index contributed by atoms with van der Waals surface area (Å²) in [5.41, 5.74) is -0.562. The van der Waals surface area contributed by atoms with Gasteiger partial charge in [0.2, 0.25) is 5.91 Å². The van der Waals surface area contributed by atoms with E-state index in [1.165, 1.54) is 0 Å². The molecule has 110 valence electrons. The molecule has 1 saturated carbocycles. The van der Waals surface area contributed by atoms with E-state index in [4.69, 9.17) is 0 Å². The number of hydrogen-bond donors (Lipinski definition) is 2. The Hall–Kier alpha value is -0.780. The second-order valence-corrected chi connectivity index (χ2v) is 6.00. The Labute approximate surface area is 111 Å². The summed E-state index contributed by atoms with van der Waals surface area (Å²) in [7, 11) is 0. The van der Waals surface area contributed by atoms with Crippen molar-refractivity contribution in [2.45, 2.75) is 51.2 Å². The molecule has 0 aromatic rings. The van der Waals surface area contributed by atoms with Crippen LogP contribution < -0.4 is 10.6 Å².